The molecule has 16 heavy (non-hydrogen) atoms. The van der Waals surface area contributed by atoms with Crippen LogP contribution in [-0.2, 0) is 0 Å². The molecule has 0 radical (unpaired) electrons. The fraction of sp³-hybridized carbons (Fsp3) is 0.333. The van der Waals surface area contributed by atoms with Crippen molar-refractivity contribution in [2.75, 3.05) is 6.54 Å². The van der Waals surface area contributed by atoms with Crippen molar-refractivity contribution in [2.45, 2.75) is 13.3 Å². The molecule has 1 aromatic heterocycles. The van der Waals surface area contributed by atoms with Crippen LogP contribution in [0.15, 0.2) is 24.5 Å². The predicted octanol–water partition coefficient (Wildman–Crippen LogP) is 1.73. The highest BCUT2D eigenvalue weighted by atomic mass is 16.1. The Morgan fingerprint density at radius 2 is 2.38 bits per heavy atom. The molecule has 2 aromatic rings. The van der Waals surface area contributed by atoms with Crippen LogP contribution in [0.2, 0.25) is 0 Å². The van der Waals surface area contributed by atoms with Gasteiger partial charge >= 0.3 is 0 Å². The quantitative estimate of drug-likeness (QED) is 0.766. The molecule has 1 atom stereocenters. The average molecular weight is 217 g/mol. The smallest absolute Gasteiger partial charge is 0.165 e. The van der Waals surface area contributed by atoms with E-state index in [1.165, 1.54) is 0 Å². The summed E-state index contributed by atoms with van der Waals surface area (Å²) in [7, 11) is 0. The van der Waals surface area contributed by atoms with Gasteiger partial charge in [0.1, 0.15) is 0 Å². The summed E-state index contributed by atoms with van der Waals surface area (Å²) < 4.78 is 0. The molecule has 0 bridgehead atoms. The molecule has 3 N–H and O–H groups in total. The Morgan fingerprint density at radius 1 is 1.56 bits per heavy atom. The van der Waals surface area contributed by atoms with Crippen LogP contribution in [0, 0.1) is 5.92 Å². The number of nitrogens with two attached hydrogens (primary N) is 1. The van der Waals surface area contributed by atoms with Crippen molar-refractivity contribution in [3.05, 3.63) is 30.1 Å². The van der Waals surface area contributed by atoms with Gasteiger partial charge in [0.2, 0.25) is 0 Å². The minimum atomic E-state index is -0.0228. The van der Waals surface area contributed by atoms with Crippen LogP contribution in [0.4, 0.5) is 0 Å². The van der Waals surface area contributed by atoms with Gasteiger partial charge in [-0.25, -0.2) is 4.98 Å². The Balaban J connectivity index is 2.28. The maximum Gasteiger partial charge on any atom is 0.165 e. The molecule has 84 valence electrons. The van der Waals surface area contributed by atoms with Crippen LogP contribution in [0.3, 0.4) is 0 Å². The Labute approximate surface area is 93.9 Å². The van der Waals surface area contributed by atoms with E-state index in [0.717, 1.165) is 23.0 Å². The van der Waals surface area contributed by atoms with E-state index in [2.05, 4.69) is 9.97 Å². The molecule has 0 aliphatic heterocycles. The molecule has 1 unspecified atom stereocenters. The van der Waals surface area contributed by atoms with Gasteiger partial charge in [-0.3, -0.25) is 4.79 Å². The third kappa shape index (κ3) is 1.97. The first-order valence-corrected chi connectivity index (χ1v) is 5.40. The fourth-order valence-electron chi connectivity index (χ4n) is 1.75. The molecule has 0 saturated carbocycles. The number of nitrogens with one attached hydrogen (secondary N) is 1. The zero-order valence-electron chi connectivity index (χ0n) is 9.23. The average Bonchev–Trinajstić information content (AvgIpc) is 2.75. The van der Waals surface area contributed by atoms with Crippen LogP contribution in [0.5, 0.6) is 0 Å². The molecule has 0 saturated heterocycles. The highest BCUT2D eigenvalue weighted by Gasteiger charge is 2.14. The molecule has 4 nitrogen and oxygen atoms in total. The molecule has 0 aliphatic carbocycles. The van der Waals surface area contributed by atoms with Crippen molar-refractivity contribution >= 4 is 16.8 Å². The second-order valence-corrected chi connectivity index (χ2v) is 3.98. The lowest BCUT2D eigenvalue weighted by Crippen LogP contribution is -2.15. The molecule has 1 aromatic carbocycles. The molecular weight excluding hydrogens is 202 g/mol. The minimum absolute atomic E-state index is 0.0228. The van der Waals surface area contributed by atoms with E-state index in [-0.39, 0.29) is 11.7 Å². The van der Waals surface area contributed by atoms with Crippen molar-refractivity contribution in [3.8, 4) is 0 Å². The third-order valence-corrected chi connectivity index (χ3v) is 2.75. The van der Waals surface area contributed by atoms with Gasteiger partial charge in [0.15, 0.2) is 5.78 Å². The second-order valence-electron chi connectivity index (χ2n) is 3.98. The Hall–Kier alpha value is -1.68. The summed E-state index contributed by atoms with van der Waals surface area (Å²) in [6, 6.07) is 5.52. The van der Waals surface area contributed by atoms with Gasteiger partial charge in [0, 0.05) is 11.5 Å². The molecular formula is C12H15N3O. The number of H-pyrrole nitrogens is 1. The lowest BCUT2D eigenvalue weighted by molar-refractivity contribution is 0.0925. The number of hydrogen-bond donors (Lipinski definition) is 2. The highest BCUT2D eigenvalue weighted by molar-refractivity contribution is 6.00. The minimum Gasteiger partial charge on any atom is -0.345 e. The van der Waals surface area contributed by atoms with Gasteiger partial charge in [0.25, 0.3) is 0 Å². The second kappa shape index (κ2) is 4.45. The van der Waals surface area contributed by atoms with Gasteiger partial charge < -0.3 is 10.7 Å². The number of carbonyl (C=O) groups excluding carboxylic acids is 1. The largest absolute Gasteiger partial charge is 0.345 e. The van der Waals surface area contributed by atoms with Crippen molar-refractivity contribution in [1.29, 1.82) is 0 Å². The Kier molecular flexibility index (Phi) is 3.01. The fourth-order valence-corrected chi connectivity index (χ4v) is 1.75. The zero-order valence-corrected chi connectivity index (χ0v) is 9.23. The number of aromatic amines is 1. The predicted molar refractivity (Wildman–Crippen MR) is 63.3 cm³/mol. The van der Waals surface area contributed by atoms with Gasteiger partial charge in [-0.1, -0.05) is 6.92 Å². The normalized spacial score (nSPS) is 12.9. The first kappa shape index (κ1) is 10.8. The Morgan fingerprint density at radius 3 is 3.12 bits per heavy atom. The van der Waals surface area contributed by atoms with Crippen molar-refractivity contribution in [3.63, 3.8) is 0 Å². The van der Waals surface area contributed by atoms with E-state index >= 15 is 0 Å². The molecule has 0 fully saturated rings. The number of fused-ring (bicyclic) bond motifs is 1. The lowest BCUT2D eigenvalue weighted by atomic mass is 9.96. The van der Waals surface area contributed by atoms with E-state index in [1.54, 1.807) is 6.33 Å². The van der Waals surface area contributed by atoms with Crippen LogP contribution < -0.4 is 5.73 Å². The summed E-state index contributed by atoms with van der Waals surface area (Å²) >= 11 is 0. The number of Topliss-reactive ketones (excluding diaryl/α,β-unsaturated/α-hetero) is 1. The SMILES string of the molecule is CC(CCN)C(=O)c1ccc2nc[nH]c2c1. The molecule has 1 heterocycles. The lowest BCUT2D eigenvalue weighted by Gasteiger charge is -2.08. The summed E-state index contributed by atoms with van der Waals surface area (Å²) in [6.07, 6.45) is 2.35. The summed E-state index contributed by atoms with van der Waals surface area (Å²) in [6.45, 7) is 2.45. The number of carbonyl (C=O) groups is 1. The summed E-state index contributed by atoms with van der Waals surface area (Å²) in [5.74, 6) is 0.118. The topological polar surface area (TPSA) is 71.8 Å². The zero-order chi connectivity index (χ0) is 11.5. The van der Waals surface area contributed by atoms with E-state index in [1.807, 2.05) is 25.1 Å². The molecule has 4 heteroatoms. The van der Waals surface area contributed by atoms with E-state index in [4.69, 9.17) is 5.73 Å². The van der Waals surface area contributed by atoms with Gasteiger partial charge in [0.05, 0.1) is 17.4 Å². The van der Waals surface area contributed by atoms with E-state index in [0.29, 0.717) is 6.54 Å². The van der Waals surface area contributed by atoms with E-state index in [9.17, 15) is 4.79 Å². The highest BCUT2D eigenvalue weighted by Crippen LogP contribution is 2.16. The first-order chi connectivity index (χ1) is 7.72. The maximum absolute atomic E-state index is 12.0. The summed E-state index contributed by atoms with van der Waals surface area (Å²) in [5.41, 5.74) is 7.94. The van der Waals surface area contributed by atoms with E-state index < -0.39 is 0 Å². The van der Waals surface area contributed by atoms with Crippen molar-refractivity contribution < 1.29 is 4.79 Å². The van der Waals surface area contributed by atoms with Crippen LogP contribution in [0.1, 0.15) is 23.7 Å². The first-order valence-electron chi connectivity index (χ1n) is 5.40. The van der Waals surface area contributed by atoms with Gasteiger partial charge in [-0.2, -0.15) is 0 Å². The number of imidazole rings is 1. The number of ketones is 1. The number of hydrogen-bond acceptors (Lipinski definition) is 3. The molecule has 0 aliphatic rings. The van der Waals surface area contributed by atoms with Crippen LogP contribution >= 0.6 is 0 Å². The molecule has 0 amide bonds. The number of aromatic nitrogens is 2. The number of rotatable bonds is 4. The van der Waals surface area contributed by atoms with Gasteiger partial charge in [-0.05, 0) is 31.2 Å². The molecule has 0 spiro atoms. The standard InChI is InChI=1S/C12H15N3O/c1-8(4-5-13)12(16)9-2-3-10-11(6-9)15-7-14-10/h2-3,6-8H,4-5,13H2,1H3,(H,14,15). The van der Waals surface area contributed by atoms with Crippen molar-refractivity contribution in [1.82, 2.24) is 9.97 Å². The number of benzene rings is 1. The summed E-state index contributed by atoms with van der Waals surface area (Å²) in [4.78, 5) is 19.1. The van der Waals surface area contributed by atoms with Crippen LogP contribution in [-0.4, -0.2) is 22.3 Å². The van der Waals surface area contributed by atoms with Crippen LogP contribution in [0.25, 0.3) is 11.0 Å². The maximum atomic E-state index is 12.0. The monoisotopic (exact) mass is 217 g/mol. The van der Waals surface area contributed by atoms with Crippen molar-refractivity contribution in [2.24, 2.45) is 11.7 Å². The molecule has 2 rings (SSSR count). The summed E-state index contributed by atoms with van der Waals surface area (Å²) in [5, 5.41) is 0. The Bertz CT molecular complexity index is 504. The van der Waals surface area contributed by atoms with Gasteiger partial charge in [-0.15, -0.1) is 0 Å². The number of nitrogens with zero attached hydrogens (tertiary/aromatic N) is 1. The third-order valence-electron chi connectivity index (χ3n) is 2.75.